The first-order valence-corrected chi connectivity index (χ1v) is 5.18. The summed E-state index contributed by atoms with van der Waals surface area (Å²) < 4.78 is 42.0. The fourth-order valence-corrected chi connectivity index (χ4v) is 1.73. The van der Waals surface area contributed by atoms with Gasteiger partial charge in [-0.1, -0.05) is 6.07 Å². The van der Waals surface area contributed by atoms with Crippen LogP contribution >= 0.6 is 11.3 Å². The lowest BCUT2D eigenvalue weighted by Gasteiger charge is -2.01. The first-order valence-electron chi connectivity index (χ1n) is 4.30. The largest absolute Gasteiger partial charge is 0.438 e. The molecule has 0 fully saturated rings. The zero-order valence-electron chi connectivity index (χ0n) is 7.86. The summed E-state index contributed by atoms with van der Waals surface area (Å²) in [7, 11) is 0. The van der Waals surface area contributed by atoms with Crippen LogP contribution in [0.1, 0.15) is 4.88 Å². The van der Waals surface area contributed by atoms with Gasteiger partial charge in [0, 0.05) is 23.7 Å². The first kappa shape index (κ1) is 10.9. The Morgan fingerprint density at radius 2 is 2.06 bits per heavy atom. The van der Waals surface area contributed by atoms with Crippen LogP contribution in [0.3, 0.4) is 0 Å². The second-order valence-corrected chi connectivity index (χ2v) is 3.83. The number of nitrogens with zero attached hydrogens (tertiary/aromatic N) is 1. The van der Waals surface area contributed by atoms with Crippen LogP contribution in [-0.2, 0) is 6.18 Å². The highest BCUT2D eigenvalue weighted by molar-refractivity contribution is 7.10. The van der Waals surface area contributed by atoms with Crippen molar-refractivity contribution in [3.05, 3.63) is 40.7 Å². The number of hydrogen-bond donors (Lipinski definition) is 0. The molecule has 6 heteroatoms. The van der Waals surface area contributed by atoms with Gasteiger partial charge in [0.1, 0.15) is 10.6 Å². The first-order chi connectivity index (χ1) is 7.55. The Bertz CT molecular complexity index is 466. The number of ether oxygens (including phenoxy) is 1. The fourth-order valence-electron chi connectivity index (χ4n) is 1.05. The highest BCUT2D eigenvalue weighted by Crippen LogP contribution is 2.37. The van der Waals surface area contributed by atoms with Gasteiger partial charge < -0.3 is 4.74 Å². The van der Waals surface area contributed by atoms with E-state index in [-0.39, 0.29) is 11.6 Å². The summed E-state index contributed by atoms with van der Waals surface area (Å²) in [5, 5.41) is 1.30. The number of alkyl halides is 3. The highest BCUT2D eigenvalue weighted by atomic mass is 32.1. The molecule has 84 valence electrons. The zero-order valence-corrected chi connectivity index (χ0v) is 8.68. The van der Waals surface area contributed by atoms with Gasteiger partial charge in [-0.25, -0.2) is 4.98 Å². The Hall–Kier alpha value is -1.56. The Morgan fingerprint density at radius 3 is 2.62 bits per heavy atom. The van der Waals surface area contributed by atoms with E-state index in [1.165, 1.54) is 11.6 Å². The van der Waals surface area contributed by atoms with Gasteiger partial charge >= 0.3 is 6.18 Å². The van der Waals surface area contributed by atoms with Crippen molar-refractivity contribution in [3.63, 3.8) is 0 Å². The molecule has 0 aliphatic rings. The average Bonchev–Trinajstić information content (AvgIpc) is 2.67. The molecular weight excluding hydrogens is 239 g/mol. The molecule has 2 aromatic heterocycles. The van der Waals surface area contributed by atoms with Gasteiger partial charge in [-0.05, 0) is 6.07 Å². The van der Waals surface area contributed by atoms with E-state index >= 15 is 0 Å². The normalized spacial score (nSPS) is 11.4. The van der Waals surface area contributed by atoms with Crippen LogP contribution in [0.25, 0.3) is 0 Å². The lowest BCUT2D eigenvalue weighted by molar-refractivity contribution is -0.134. The molecule has 0 N–H and O–H groups in total. The molecule has 0 saturated heterocycles. The summed E-state index contributed by atoms with van der Waals surface area (Å²) in [6, 6.07) is 5.92. The number of rotatable bonds is 2. The molecule has 0 spiro atoms. The van der Waals surface area contributed by atoms with Gasteiger partial charge in [0.15, 0.2) is 0 Å². The summed E-state index contributed by atoms with van der Waals surface area (Å²) in [5.41, 5.74) is 0. The van der Waals surface area contributed by atoms with E-state index in [4.69, 9.17) is 4.74 Å². The van der Waals surface area contributed by atoms with E-state index in [0.717, 1.165) is 6.07 Å². The van der Waals surface area contributed by atoms with Crippen LogP contribution < -0.4 is 4.74 Å². The van der Waals surface area contributed by atoms with Crippen LogP contribution in [0.15, 0.2) is 35.8 Å². The number of aromatic nitrogens is 1. The third-order valence-electron chi connectivity index (χ3n) is 1.71. The van der Waals surface area contributed by atoms with Gasteiger partial charge in [-0.3, -0.25) is 0 Å². The van der Waals surface area contributed by atoms with Crippen molar-refractivity contribution in [2.24, 2.45) is 0 Å². The van der Waals surface area contributed by atoms with Gasteiger partial charge in [0.2, 0.25) is 5.88 Å². The standard InChI is InChI=1S/C10H6F3NOS/c11-10(12,13)8-5-7(6-16-8)15-9-3-1-2-4-14-9/h1-6H. The van der Waals surface area contributed by atoms with E-state index in [1.807, 2.05) is 0 Å². The topological polar surface area (TPSA) is 22.1 Å². The lowest BCUT2D eigenvalue weighted by Crippen LogP contribution is -2.00. The minimum absolute atomic E-state index is 0.149. The number of pyridine rings is 1. The van der Waals surface area contributed by atoms with Crippen LogP contribution in [0, 0.1) is 0 Å². The van der Waals surface area contributed by atoms with E-state index in [9.17, 15) is 13.2 Å². The molecule has 0 aromatic carbocycles. The maximum Gasteiger partial charge on any atom is 0.425 e. The molecule has 2 rings (SSSR count). The van der Waals surface area contributed by atoms with Crippen molar-refractivity contribution in [1.82, 2.24) is 4.98 Å². The summed E-state index contributed by atoms with van der Waals surface area (Å²) in [6.07, 6.45) is -2.82. The highest BCUT2D eigenvalue weighted by Gasteiger charge is 2.32. The van der Waals surface area contributed by atoms with Gasteiger partial charge in [0.25, 0.3) is 0 Å². The maximum atomic E-state index is 12.3. The summed E-state index contributed by atoms with van der Waals surface area (Å²) in [4.78, 5) is 3.16. The molecule has 0 atom stereocenters. The minimum Gasteiger partial charge on any atom is -0.438 e. The molecule has 0 bridgehead atoms. The molecule has 0 aliphatic heterocycles. The van der Waals surface area contributed by atoms with Crippen LogP contribution in [0.5, 0.6) is 11.6 Å². The Labute approximate surface area is 93.3 Å². The van der Waals surface area contributed by atoms with E-state index in [2.05, 4.69) is 4.98 Å². The monoisotopic (exact) mass is 245 g/mol. The Balaban J connectivity index is 2.15. The third kappa shape index (κ3) is 2.52. The van der Waals surface area contributed by atoms with E-state index in [0.29, 0.717) is 11.3 Å². The summed E-state index contributed by atoms with van der Waals surface area (Å²) >= 11 is 0.598. The summed E-state index contributed by atoms with van der Waals surface area (Å²) in [5.74, 6) is 0.421. The maximum absolute atomic E-state index is 12.3. The second-order valence-electron chi connectivity index (χ2n) is 2.91. The van der Waals surface area contributed by atoms with Crippen molar-refractivity contribution < 1.29 is 17.9 Å². The van der Waals surface area contributed by atoms with Crippen molar-refractivity contribution >= 4 is 11.3 Å². The Kier molecular flexibility index (Phi) is 2.82. The zero-order chi connectivity index (χ0) is 11.6. The molecule has 2 heterocycles. The predicted molar refractivity (Wildman–Crippen MR) is 53.6 cm³/mol. The van der Waals surface area contributed by atoms with Crippen molar-refractivity contribution in [2.45, 2.75) is 6.18 Å². The second kappa shape index (κ2) is 4.13. The van der Waals surface area contributed by atoms with Gasteiger partial charge in [-0.15, -0.1) is 11.3 Å². The Morgan fingerprint density at radius 1 is 1.25 bits per heavy atom. The molecule has 0 unspecified atom stereocenters. The quantitative estimate of drug-likeness (QED) is 0.799. The number of hydrogen-bond acceptors (Lipinski definition) is 3. The molecule has 0 amide bonds. The number of halogens is 3. The lowest BCUT2D eigenvalue weighted by atomic mass is 10.4. The minimum atomic E-state index is -4.32. The van der Waals surface area contributed by atoms with Crippen LogP contribution in [0.2, 0.25) is 0 Å². The van der Waals surface area contributed by atoms with Gasteiger partial charge in [0.05, 0.1) is 0 Å². The molecule has 0 radical (unpaired) electrons. The third-order valence-corrected chi connectivity index (χ3v) is 2.67. The smallest absolute Gasteiger partial charge is 0.425 e. The van der Waals surface area contributed by atoms with Crippen LogP contribution in [0.4, 0.5) is 13.2 Å². The average molecular weight is 245 g/mol. The fraction of sp³-hybridized carbons (Fsp3) is 0.100. The number of thiophene rings is 1. The molecule has 2 aromatic rings. The van der Waals surface area contributed by atoms with Crippen LogP contribution in [-0.4, -0.2) is 4.98 Å². The van der Waals surface area contributed by atoms with Crippen molar-refractivity contribution in [1.29, 1.82) is 0 Å². The molecule has 2 nitrogen and oxygen atoms in total. The predicted octanol–water partition coefficient (Wildman–Crippen LogP) is 3.95. The molecule has 0 saturated carbocycles. The van der Waals surface area contributed by atoms with Crippen molar-refractivity contribution in [3.8, 4) is 11.6 Å². The molecular formula is C10H6F3NOS. The molecule has 16 heavy (non-hydrogen) atoms. The van der Waals surface area contributed by atoms with E-state index < -0.39 is 11.1 Å². The van der Waals surface area contributed by atoms with Crippen molar-refractivity contribution in [2.75, 3.05) is 0 Å². The van der Waals surface area contributed by atoms with E-state index in [1.54, 1.807) is 18.2 Å². The SMILES string of the molecule is FC(F)(F)c1cc(Oc2ccccn2)cs1. The molecule has 0 aliphatic carbocycles. The summed E-state index contributed by atoms with van der Waals surface area (Å²) in [6.45, 7) is 0. The van der Waals surface area contributed by atoms with Gasteiger partial charge in [-0.2, -0.15) is 13.2 Å².